The molecule has 0 aliphatic rings. The third-order valence-electron chi connectivity index (χ3n) is 2.12. The lowest BCUT2D eigenvalue weighted by Crippen LogP contribution is -1.98. The number of carbonyl (C=O) groups is 1. The molecular formula is C11H14O2. The molecule has 70 valence electrons. The predicted molar refractivity (Wildman–Crippen MR) is 52.5 cm³/mol. The first-order valence-electron chi connectivity index (χ1n) is 4.22. The highest BCUT2D eigenvalue weighted by atomic mass is 16.5. The molecule has 2 heteroatoms. The smallest absolute Gasteiger partial charge is 0.160 e. The van der Waals surface area contributed by atoms with E-state index in [2.05, 4.69) is 0 Å². The number of aryl methyl sites for hydroxylation is 2. The summed E-state index contributed by atoms with van der Waals surface area (Å²) in [5.74, 6) is 0.853. The van der Waals surface area contributed by atoms with Crippen molar-refractivity contribution >= 4 is 5.78 Å². The van der Waals surface area contributed by atoms with Crippen molar-refractivity contribution in [2.75, 3.05) is 7.11 Å². The molecule has 0 radical (unpaired) electrons. The lowest BCUT2D eigenvalue weighted by molar-refractivity contribution is 0.101. The van der Waals surface area contributed by atoms with Crippen LogP contribution in [0.3, 0.4) is 0 Å². The summed E-state index contributed by atoms with van der Waals surface area (Å²) in [4.78, 5) is 11.2. The van der Waals surface area contributed by atoms with Gasteiger partial charge in [0.15, 0.2) is 5.78 Å². The van der Waals surface area contributed by atoms with Crippen molar-refractivity contribution in [3.8, 4) is 5.75 Å². The molecule has 1 aromatic rings. The van der Waals surface area contributed by atoms with Gasteiger partial charge in [-0.15, -0.1) is 0 Å². The van der Waals surface area contributed by atoms with Crippen molar-refractivity contribution < 1.29 is 9.53 Å². The Kier molecular flexibility index (Phi) is 2.71. The van der Waals surface area contributed by atoms with Crippen molar-refractivity contribution in [2.24, 2.45) is 0 Å². The van der Waals surface area contributed by atoms with Crippen LogP contribution in [0.15, 0.2) is 12.1 Å². The van der Waals surface area contributed by atoms with Gasteiger partial charge in [0.1, 0.15) is 5.75 Å². The Morgan fingerprint density at radius 1 is 1.23 bits per heavy atom. The van der Waals surface area contributed by atoms with Crippen molar-refractivity contribution in [1.29, 1.82) is 0 Å². The van der Waals surface area contributed by atoms with E-state index in [9.17, 15) is 4.79 Å². The van der Waals surface area contributed by atoms with Crippen LogP contribution in [-0.2, 0) is 0 Å². The minimum absolute atomic E-state index is 0.0794. The summed E-state index contributed by atoms with van der Waals surface area (Å²) in [6.45, 7) is 5.47. The molecule has 1 aromatic carbocycles. The van der Waals surface area contributed by atoms with Crippen molar-refractivity contribution in [3.63, 3.8) is 0 Å². The molecule has 0 spiro atoms. The van der Waals surface area contributed by atoms with Gasteiger partial charge in [-0.3, -0.25) is 4.79 Å². The third-order valence-corrected chi connectivity index (χ3v) is 2.12. The largest absolute Gasteiger partial charge is 0.496 e. The summed E-state index contributed by atoms with van der Waals surface area (Å²) in [6.07, 6.45) is 0. The SMILES string of the molecule is COc1cc(C(C)=O)c(C)cc1C. The molecule has 0 saturated heterocycles. The van der Waals surface area contributed by atoms with Crippen LogP contribution in [-0.4, -0.2) is 12.9 Å². The first kappa shape index (κ1) is 9.78. The second-order valence-corrected chi connectivity index (χ2v) is 3.19. The Hall–Kier alpha value is -1.31. The number of hydrogen-bond donors (Lipinski definition) is 0. The van der Waals surface area contributed by atoms with Crippen LogP contribution in [0.1, 0.15) is 28.4 Å². The quantitative estimate of drug-likeness (QED) is 0.650. The maximum atomic E-state index is 11.2. The maximum absolute atomic E-state index is 11.2. The zero-order valence-electron chi connectivity index (χ0n) is 8.47. The fraction of sp³-hybridized carbons (Fsp3) is 0.364. The predicted octanol–water partition coefficient (Wildman–Crippen LogP) is 2.51. The van der Waals surface area contributed by atoms with Crippen molar-refractivity contribution in [3.05, 3.63) is 28.8 Å². The first-order valence-corrected chi connectivity index (χ1v) is 4.22. The summed E-state index contributed by atoms with van der Waals surface area (Å²) in [5.41, 5.74) is 2.80. The molecule has 0 aliphatic heterocycles. The van der Waals surface area contributed by atoms with E-state index in [4.69, 9.17) is 4.74 Å². The van der Waals surface area contributed by atoms with Crippen molar-refractivity contribution in [2.45, 2.75) is 20.8 Å². The Balaban J connectivity index is 3.30. The zero-order valence-corrected chi connectivity index (χ0v) is 8.47. The van der Waals surface area contributed by atoms with Gasteiger partial charge in [-0.25, -0.2) is 0 Å². The summed E-state index contributed by atoms with van der Waals surface area (Å²) >= 11 is 0. The molecule has 13 heavy (non-hydrogen) atoms. The van der Waals surface area contributed by atoms with Crippen LogP contribution in [0.25, 0.3) is 0 Å². The number of carbonyl (C=O) groups excluding carboxylic acids is 1. The number of ether oxygens (including phenoxy) is 1. The Morgan fingerprint density at radius 2 is 1.85 bits per heavy atom. The van der Waals surface area contributed by atoms with Gasteiger partial charge < -0.3 is 4.74 Å². The minimum atomic E-state index is 0.0794. The van der Waals surface area contributed by atoms with E-state index in [1.165, 1.54) is 0 Å². The second-order valence-electron chi connectivity index (χ2n) is 3.19. The number of benzene rings is 1. The fourth-order valence-corrected chi connectivity index (χ4v) is 1.43. The summed E-state index contributed by atoms with van der Waals surface area (Å²) in [7, 11) is 1.61. The molecule has 0 amide bonds. The van der Waals surface area contributed by atoms with E-state index in [1.54, 1.807) is 20.1 Å². The van der Waals surface area contributed by atoms with Crippen LogP contribution in [0, 0.1) is 13.8 Å². The molecule has 0 fully saturated rings. The molecular weight excluding hydrogens is 164 g/mol. The molecule has 0 aliphatic carbocycles. The van der Waals surface area contributed by atoms with E-state index in [0.717, 1.165) is 22.4 Å². The monoisotopic (exact) mass is 178 g/mol. The van der Waals surface area contributed by atoms with E-state index < -0.39 is 0 Å². The van der Waals surface area contributed by atoms with Gasteiger partial charge in [0.25, 0.3) is 0 Å². The molecule has 0 bridgehead atoms. The van der Waals surface area contributed by atoms with E-state index in [-0.39, 0.29) is 5.78 Å². The highest BCUT2D eigenvalue weighted by Gasteiger charge is 2.07. The summed E-state index contributed by atoms with van der Waals surface area (Å²) < 4.78 is 5.14. The van der Waals surface area contributed by atoms with Gasteiger partial charge >= 0.3 is 0 Å². The number of hydrogen-bond acceptors (Lipinski definition) is 2. The molecule has 0 N–H and O–H groups in total. The zero-order chi connectivity index (χ0) is 10.0. The van der Waals surface area contributed by atoms with Gasteiger partial charge in [0.2, 0.25) is 0 Å². The van der Waals surface area contributed by atoms with Crippen LogP contribution in [0.5, 0.6) is 5.75 Å². The standard InChI is InChI=1S/C11H14O2/c1-7-5-8(2)11(13-4)6-10(7)9(3)12/h5-6H,1-4H3. The van der Waals surface area contributed by atoms with E-state index in [1.807, 2.05) is 19.9 Å². The Labute approximate surface area is 78.5 Å². The molecule has 0 saturated carbocycles. The van der Waals surface area contributed by atoms with E-state index in [0.29, 0.717) is 0 Å². The van der Waals surface area contributed by atoms with E-state index >= 15 is 0 Å². The van der Waals surface area contributed by atoms with Gasteiger partial charge in [-0.05, 0) is 38.0 Å². The number of rotatable bonds is 2. The fourth-order valence-electron chi connectivity index (χ4n) is 1.43. The second kappa shape index (κ2) is 3.60. The molecule has 0 unspecified atom stereocenters. The normalized spacial score (nSPS) is 9.85. The number of ketones is 1. The lowest BCUT2D eigenvalue weighted by atomic mass is 10.0. The van der Waals surface area contributed by atoms with Crippen LogP contribution >= 0.6 is 0 Å². The number of Topliss-reactive ketones (excluding diaryl/α,β-unsaturated/α-hetero) is 1. The molecule has 0 heterocycles. The Bertz CT molecular complexity index is 340. The maximum Gasteiger partial charge on any atom is 0.160 e. The topological polar surface area (TPSA) is 26.3 Å². The summed E-state index contributed by atoms with van der Waals surface area (Å²) in [6, 6.07) is 3.77. The van der Waals surface area contributed by atoms with Crippen LogP contribution < -0.4 is 4.74 Å². The average Bonchev–Trinajstić information content (AvgIpc) is 2.03. The molecule has 0 atom stereocenters. The summed E-state index contributed by atoms with van der Waals surface area (Å²) in [5, 5.41) is 0. The molecule has 2 nitrogen and oxygen atoms in total. The third kappa shape index (κ3) is 1.89. The van der Waals surface area contributed by atoms with Gasteiger partial charge in [-0.2, -0.15) is 0 Å². The van der Waals surface area contributed by atoms with Gasteiger partial charge in [0, 0.05) is 5.56 Å². The lowest BCUT2D eigenvalue weighted by Gasteiger charge is -2.08. The van der Waals surface area contributed by atoms with Crippen LogP contribution in [0.2, 0.25) is 0 Å². The van der Waals surface area contributed by atoms with Gasteiger partial charge in [0.05, 0.1) is 7.11 Å². The molecule has 1 rings (SSSR count). The van der Waals surface area contributed by atoms with Gasteiger partial charge in [-0.1, -0.05) is 6.07 Å². The van der Waals surface area contributed by atoms with Crippen LogP contribution in [0.4, 0.5) is 0 Å². The highest BCUT2D eigenvalue weighted by Crippen LogP contribution is 2.22. The number of methoxy groups -OCH3 is 1. The van der Waals surface area contributed by atoms with Crippen molar-refractivity contribution in [1.82, 2.24) is 0 Å². The highest BCUT2D eigenvalue weighted by molar-refractivity contribution is 5.96. The Morgan fingerprint density at radius 3 is 2.31 bits per heavy atom. The average molecular weight is 178 g/mol. The first-order chi connectivity index (χ1) is 6.06. The minimum Gasteiger partial charge on any atom is -0.496 e. The molecule has 0 aromatic heterocycles.